The average molecular weight is 366 g/mol. The molecule has 140 valence electrons. The molecule has 0 bridgehead atoms. The second-order valence-electron chi connectivity index (χ2n) is 5.99. The number of aromatic nitrogens is 2. The second kappa shape index (κ2) is 7.92. The molecule has 0 spiro atoms. The van der Waals surface area contributed by atoms with Crippen LogP contribution in [-0.2, 0) is 11.0 Å². The topological polar surface area (TPSA) is 58.1 Å². The van der Waals surface area contributed by atoms with Gasteiger partial charge in [0.15, 0.2) is 0 Å². The molecule has 2 heterocycles. The van der Waals surface area contributed by atoms with Crippen LogP contribution in [0.3, 0.4) is 0 Å². The smallest absolute Gasteiger partial charge is 0.356 e. The first kappa shape index (κ1) is 19.3. The van der Waals surface area contributed by atoms with Crippen molar-refractivity contribution in [1.29, 1.82) is 0 Å². The van der Waals surface area contributed by atoms with Gasteiger partial charge in [0.25, 0.3) is 6.43 Å². The Morgan fingerprint density at radius 1 is 1.32 bits per heavy atom. The van der Waals surface area contributed by atoms with Crippen LogP contribution in [0.25, 0.3) is 0 Å². The average Bonchev–Trinajstić information content (AvgIpc) is 2.52. The van der Waals surface area contributed by atoms with Crippen molar-refractivity contribution in [3.8, 4) is 0 Å². The zero-order valence-electron chi connectivity index (χ0n) is 13.6. The standard InChI is InChI=1S/C15H19F5N4O/c1-9-22-11(15(18,19)20)7-13(23-9)24-4-2-10(3-5-24)6-14(25)21-8-12(16)17/h7,10,12H,2-6,8H2,1H3,(H,21,25). The Kier molecular flexibility index (Phi) is 6.12. The summed E-state index contributed by atoms with van der Waals surface area (Å²) in [5.74, 6) is -0.173. The van der Waals surface area contributed by atoms with Gasteiger partial charge in [-0.2, -0.15) is 13.2 Å². The molecule has 0 aromatic carbocycles. The fraction of sp³-hybridized carbons (Fsp3) is 0.667. The van der Waals surface area contributed by atoms with Crippen LogP contribution in [0.15, 0.2) is 6.07 Å². The molecule has 25 heavy (non-hydrogen) atoms. The minimum absolute atomic E-state index is 0.0129. The number of piperidine rings is 1. The largest absolute Gasteiger partial charge is 0.433 e. The highest BCUT2D eigenvalue weighted by Gasteiger charge is 2.34. The maximum absolute atomic E-state index is 12.8. The van der Waals surface area contributed by atoms with E-state index >= 15 is 0 Å². The summed E-state index contributed by atoms with van der Waals surface area (Å²) in [6.45, 7) is 1.62. The number of nitrogens with zero attached hydrogens (tertiary/aromatic N) is 3. The van der Waals surface area contributed by atoms with E-state index in [1.807, 2.05) is 0 Å². The first-order valence-electron chi connectivity index (χ1n) is 7.88. The van der Waals surface area contributed by atoms with Gasteiger partial charge in [-0.15, -0.1) is 0 Å². The van der Waals surface area contributed by atoms with Gasteiger partial charge < -0.3 is 10.2 Å². The van der Waals surface area contributed by atoms with Crippen molar-refractivity contribution in [3.63, 3.8) is 0 Å². The number of rotatable bonds is 5. The maximum Gasteiger partial charge on any atom is 0.433 e. The van der Waals surface area contributed by atoms with Crippen LogP contribution >= 0.6 is 0 Å². The van der Waals surface area contributed by atoms with Gasteiger partial charge in [-0.1, -0.05) is 0 Å². The molecule has 1 amide bonds. The van der Waals surface area contributed by atoms with Gasteiger partial charge in [0.1, 0.15) is 17.3 Å². The molecule has 0 aliphatic carbocycles. The van der Waals surface area contributed by atoms with Gasteiger partial charge in [-0.3, -0.25) is 4.79 Å². The van der Waals surface area contributed by atoms with E-state index in [9.17, 15) is 26.7 Å². The van der Waals surface area contributed by atoms with Crippen molar-refractivity contribution in [2.45, 2.75) is 38.8 Å². The molecule has 1 aromatic rings. The molecule has 0 radical (unpaired) electrons. The van der Waals surface area contributed by atoms with Crippen molar-refractivity contribution in [3.05, 3.63) is 17.6 Å². The van der Waals surface area contributed by atoms with E-state index in [1.54, 1.807) is 4.90 Å². The van der Waals surface area contributed by atoms with Crippen molar-refractivity contribution >= 4 is 11.7 Å². The van der Waals surface area contributed by atoms with E-state index in [0.29, 0.717) is 25.9 Å². The predicted octanol–water partition coefficient (Wildman–Crippen LogP) is 2.79. The molecule has 2 rings (SSSR count). The Morgan fingerprint density at radius 2 is 1.96 bits per heavy atom. The first-order valence-corrected chi connectivity index (χ1v) is 7.88. The van der Waals surface area contributed by atoms with Crippen LogP contribution in [0.2, 0.25) is 0 Å². The Bertz CT molecular complexity index is 600. The second-order valence-corrected chi connectivity index (χ2v) is 5.99. The number of anilines is 1. The van der Waals surface area contributed by atoms with Crippen LogP contribution in [0.4, 0.5) is 27.8 Å². The zero-order valence-corrected chi connectivity index (χ0v) is 13.6. The number of aryl methyl sites for hydroxylation is 1. The van der Waals surface area contributed by atoms with Gasteiger partial charge in [0.05, 0.1) is 6.54 Å². The van der Waals surface area contributed by atoms with Crippen LogP contribution in [0.1, 0.15) is 30.8 Å². The van der Waals surface area contributed by atoms with Crippen LogP contribution in [-0.4, -0.2) is 41.9 Å². The van der Waals surface area contributed by atoms with Gasteiger partial charge in [0.2, 0.25) is 5.91 Å². The number of halogens is 5. The highest BCUT2D eigenvalue weighted by molar-refractivity contribution is 5.76. The summed E-state index contributed by atoms with van der Waals surface area (Å²) in [5, 5.41) is 2.16. The molecule has 5 nitrogen and oxygen atoms in total. The molecule has 0 atom stereocenters. The molecular formula is C15H19F5N4O. The maximum atomic E-state index is 12.8. The molecule has 1 aromatic heterocycles. The minimum Gasteiger partial charge on any atom is -0.356 e. The number of nitrogens with one attached hydrogen (secondary N) is 1. The highest BCUT2D eigenvalue weighted by Crippen LogP contribution is 2.31. The lowest BCUT2D eigenvalue weighted by molar-refractivity contribution is -0.141. The molecule has 1 aliphatic rings. The Hall–Kier alpha value is -2.00. The summed E-state index contributed by atoms with van der Waals surface area (Å²) in [7, 11) is 0. The predicted molar refractivity (Wildman–Crippen MR) is 80.3 cm³/mol. The highest BCUT2D eigenvalue weighted by atomic mass is 19.4. The Morgan fingerprint density at radius 3 is 2.52 bits per heavy atom. The number of carbonyl (C=O) groups excluding carboxylic acids is 1. The quantitative estimate of drug-likeness (QED) is 0.815. The number of alkyl halides is 5. The molecule has 0 saturated carbocycles. The molecule has 0 unspecified atom stereocenters. The van der Waals surface area contributed by atoms with Crippen LogP contribution < -0.4 is 10.2 Å². The van der Waals surface area contributed by atoms with Gasteiger partial charge >= 0.3 is 6.18 Å². The normalized spacial score (nSPS) is 16.4. The third-order valence-electron chi connectivity index (χ3n) is 3.98. The van der Waals surface area contributed by atoms with E-state index in [-0.39, 0.29) is 24.0 Å². The van der Waals surface area contributed by atoms with Gasteiger partial charge in [-0.25, -0.2) is 18.7 Å². The number of hydrogen-bond donors (Lipinski definition) is 1. The zero-order chi connectivity index (χ0) is 18.6. The summed E-state index contributed by atoms with van der Waals surface area (Å²) in [5.41, 5.74) is -0.983. The van der Waals surface area contributed by atoms with E-state index in [2.05, 4.69) is 15.3 Å². The SMILES string of the molecule is Cc1nc(N2CCC(CC(=O)NCC(F)F)CC2)cc(C(F)(F)F)n1. The molecular weight excluding hydrogens is 347 g/mol. The van der Waals surface area contributed by atoms with Crippen molar-refractivity contribution in [1.82, 2.24) is 15.3 Å². The fourth-order valence-electron chi connectivity index (χ4n) is 2.75. The molecule has 1 fully saturated rings. The lowest BCUT2D eigenvalue weighted by Gasteiger charge is -2.32. The van der Waals surface area contributed by atoms with Crippen molar-refractivity contribution < 1.29 is 26.7 Å². The summed E-state index contributed by atoms with van der Waals surface area (Å²) < 4.78 is 62.6. The van der Waals surface area contributed by atoms with Gasteiger partial charge in [-0.05, 0) is 25.7 Å². The van der Waals surface area contributed by atoms with Crippen molar-refractivity contribution in [2.75, 3.05) is 24.5 Å². The Balaban J connectivity index is 1.92. The third-order valence-corrected chi connectivity index (χ3v) is 3.98. The summed E-state index contributed by atoms with van der Waals surface area (Å²) in [6, 6.07) is 0.919. The fourth-order valence-corrected chi connectivity index (χ4v) is 2.75. The minimum atomic E-state index is -4.54. The van der Waals surface area contributed by atoms with Crippen LogP contribution in [0, 0.1) is 12.8 Å². The first-order chi connectivity index (χ1) is 11.6. The molecule has 1 saturated heterocycles. The molecule has 10 heteroatoms. The van der Waals surface area contributed by atoms with Gasteiger partial charge in [0, 0.05) is 25.6 Å². The molecule has 1 aliphatic heterocycles. The third kappa shape index (κ3) is 5.79. The lowest BCUT2D eigenvalue weighted by Crippen LogP contribution is -2.37. The summed E-state index contributed by atoms with van der Waals surface area (Å²) >= 11 is 0. The van der Waals surface area contributed by atoms with E-state index in [4.69, 9.17) is 0 Å². The summed E-state index contributed by atoms with van der Waals surface area (Å²) in [4.78, 5) is 20.8. The van der Waals surface area contributed by atoms with Crippen molar-refractivity contribution in [2.24, 2.45) is 5.92 Å². The number of carbonyl (C=O) groups is 1. The number of hydrogen-bond acceptors (Lipinski definition) is 4. The summed E-state index contributed by atoms with van der Waals surface area (Å²) in [6.07, 6.45) is -5.84. The number of amides is 1. The monoisotopic (exact) mass is 366 g/mol. The Labute approximate surface area is 141 Å². The van der Waals surface area contributed by atoms with Crippen LogP contribution in [0.5, 0.6) is 0 Å². The van der Waals surface area contributed by atoms with E-state index in [0.717, 1.165) is 6.07 Å². The molecule has 1 N–H and O–H groups in total. The van der Waals surface area contributed by atoms with E-state index < -0.39 is 30.7 Å². The van der Waals surface area contributed by atoms with E-state index in [1.165, 1.54) is 6.92 Å². The lowest BCUT2D eigenvalue weighted by atomic mass is 9.93.